The van der Waals surface area contributed by atoms with E-state index in [0.717, 1.165) is 6.07 Å². The van der Waals surface area contributed by atoms with E-state index in [1.54, 1.807) is 45.0 Å². The van der Waals surface area contributed by atoms with E-state index in [9.17, 15) is 14.0 Å². The summed E-state index contributed by atoms with van der Waals surface area (Å²) in [5.74, 6) is -1.82. The van der Waals surface area contributed by atoms with Crippen LogP contribution in [0.1, 0.15) is 31.1 Å². The molecule has 2 N–H and O–H groups in total. The second kappa shape index (κ2) is 6.70. The average Bonchev–Trinajstić information content (AvgIpc) is 2.45. The number of hydrogen-bond donors (Lipinski definition) is 2. The maximum Gasteiger partial charge on any atom is 0.412 e. The van der Waals surface area contributed by atoms with Gasteiger partial charge >= 0.3 is 12.1 Å². The number of anilines is 1. The summed E-state index contributed by atoms with van der Waals surface area (Å²) in [6.45, 7) is 5.29. The first-order valence-corrected chi connectivity index (χ1v) is 7.28. The summed E-state index contributed by atoms with van der Waals surface area (Å²) in [6.07, 6.45) is -0.575. The molecule has 0 aliphatic heterocycles. The number of nitrogens with one attached hydrogen (secondary N) is 1. The van der Waals surface area contributed by atoms with E-state index in [1.165, 1.54) is 12.1 Å². The van der Waals surface area contributed by atoms with Gasteiger partial charge in [-0.1, -0.05) is 12.1 Å². The number of aromatic carboxylic acids is 1. The summed E-state index contributed by atoms with van der Waals surface area (Å²) < 4.78 is 18.7. The number of ether oxygens (including phenoxy) is 1. The SMILES string of the molecule is CC(C)(C)OC(=O)Nc1ccc(-c2cc(F)cc(C(=O)O)c2)cc1. The Bertz CT molecular complexity index is 764. The van der Waals surface area contributed by atoms with Crippen LogP contribution in [0.4, 0.5) is 14.9 Å². The van der Waals surface area contributed by atoms with Crippen molar-refractivity contribution in [1.29, 1.82) is 0 Å². The van der Waals surface area contributed by atoms with Crippen LogP contribution in [0.5, 0.6) is 0 Å². The van der Waals surface area contributed by atoms with Gasteiger partial charge in [-0.05, 0) is 62.2 Å². The number of hydrogen-bond acceptors (Lipinski definition) is 3. The molecule has 2 aromatic rings. The Hall–Kier alpha value is -2.89. The van der Waals surface area contributed by atoms with Gasteiger partial charge in [0, 0.05) is 5.69 Å². The molecule has 5 nitrogen and oxygen atoms in total. The van der Waals surface area contributed by atoms with Crippen LogP contribution in [0.15, 0.2) is 42.5 Å². The second-order valence-electron chi connectivity index (χ2n) is 6.24. The van der Waals surface area contributed by atoms with Crippen LogP contribution in [-0.2, 0) is 4.74 Å². The van der Waals surface area contributed by atoms with Crippen LogP contribution in [0, 0.1) is 5.82 Å². The van der Waals surface area contributed by atoms with Crippen LogP contribution < -0.4 is 5.32 Å². The standard InChI is InChI=1S/C18H18FNO4/c1-18(2,3)24-17(23)20-15-6-4-11(5-7-15)12-8-13(16(21)22)10-14(19)9-12/h4-10H,1-3H3,(H,20,23)(H,21,22). The Kier molecular flexibility index (Phi) is 4.87. The van der Waals surface area contributed by atoms with Crippen molar-refractivity contribution in [3.05, 3.63) is 53.8 Å². The van der Waals surface area contributed by atoms with Crippen molar-refractivity contribution in [2.75, 3.05) is 5.32 Å². The highest BCUT2D eigenvalue weighted by Crippen LogP contribution is 2.24. The smallest absolute Gasteiger partial charge is 0.412 e. The molecule has 0 aliphatic carbocycles. The molecule has 6 heteroatoms. The number of carbonyl (C=O) groups excluding carboxylic acids is 1. The molecular weight excluding hydrogens is 313 g/mol. The number of carboxylic acids is 1. The van der Waals surface area contributed by atoms with Crippen molar-refractivity contribution < 1.29 is 23.8 Å². The summed E-state index contributed by atoms with van der Waals surface area (Å²) >= 11 is 0. The minimum Gasteiger partial charge on any atom is -0.478 e. The molecule has 0 aliphatic rings. The molecule has 0 heterocycles. The largest absolute Gasteiger partial charge is 0.478 e. The fourth-order valence-corrected chi connectivity index (χ4v) is 2.05. The second-order valence-corrected chi connectivity index (χ2v) is 6.24. The lowest BCUT2D eigenvalue weighted by Crippen LogP contribution is -2.27. The highest BCUT2D eigenvalue weighted by atomic mass is 19.1. The highest BCUT2D eigenvalue weighted by Gasteiger charge is 2.16. The molecule has 126 valence electrons. The van der Waals surface area contributed by atoms with Crippen LogP contribution in [0.3, 0.4) is 0 Å². The lowest BCUT2D eigenvalue weighted by atomic mass is 10.0. The monoisotopic (exact) mass is 331 g/mol. The van der Waals surface area contributed by atoms with Gasteiger partial charge < -0.3 is 9.84 Å². The molecule has 0 atom stereocenters. The number of benzene rings is 2. The first-order valence-electron chi connectivity index (χ1n) is 7.28. The zero-order valence-electron chi connectivity index (χ0n) is 13.6. The van der Waals surface area contributed by atoms with Gasteiger partial charge in [-0.25, -0.2) is 14.0 Å². The predicted octanol–water partition coefficient (Wildman–Crippen LogP) is 4.54. The van der Waals surface area contributed by atoms with Crippen LogP contribution >= 0.6 is 0 Å². The molecule has 0 fully saturated rings. The third kappa shape index (κ3) is 4.81. The molecule has 24 heavy (non-hydrogen) atoms. The number of carboxylic acid groups (broad SMARTS) is 1. The molecule has 0 radical (unpaired) electrons. The third-order valence-corrected chi connectivity index (χ3v) is 3.01. The van der Waals surface area contributed by atoms with E-state index in [2.05, 4.69) is 5.32 Å². The Morgan fingerprint density at radius 2 is 1.67 bits per heavy atom. The number of amides is 1. The Morgan fingerprint density at radius 3 is 2.21 bits per heavy atom. The van der Waals surface area contributed by atoms with Crippen molar-refractivity contribution in [3.63, 3.8) is 0 Å². The van der Waals surface area contributed by atoms with Crippen molar-refractivity contribution >= 4 is 17.7 Å². The van der Waals surface area contributed by atoms with Crippen LogP contribution in [0.2, 0.25) is 0 Å². The predicted molar refractivity (Wildman–Crippen MR) is 88.7 cm³/mol. The van der Waals surface area contributed by atoms with Crippen molar-refractivity contribution in [3.8, 4) is 11.1 Å². The molecule has 0 spiro atoms. The van der Waals surface area contributed by atoms with Crippen molar-refractivity contribution in [1.82, 2.24) is 0 Å². The molecular formula is C18H18FNO4. The molecule has 0 aromatic heterocycles. The molecule has 2 rings (SSSR count). The number of rotatable bonds is 3. The molecule has 0 bridgehead atoms. The highest BCUT2D eigenvalue weighted by molar-refractivity contribution is 5.90. The molecule has 1 amide bonds. The van der Waals surface area contributed by atoms with Gasteiger partial charge in [0.25, 0.3) is 0 Å². The van der Waals surface area contributed by atoms with Gasteiger partial charge in [0.1, 0.15) is 11.4 Å². The van der Waals surface area contributed by atoms with E-state index in [4.69, 9.17) is 9.84 Å². The average molecular weight is 331 g/mol. The van der Waals surface area contributed by atoms with E-state index >= 15 is 0 Å². The van der Waals surface area contributed by atoms with Crippen LogP contribution in [0.25, 0.3) is 11.1 Å². The first-order chi connectivity index (χ1) is 11.1. The molecule has 0 saturated heterocycles. The molecule has 0 saturated carbocycles. The van der Waals surface area contributed by atoms with E-state index in [-0.39, 0.29) is 5.56 Å². The van der Waals surface area contributed by atoms with Gasteiger partial charge in [-0.15, -0.1) is 0 Å². The summed E-state index contributed by atoms with van der Waals surface area (Å²) in [7, 11) is 0. The number of carbonyl (C=O) groups is 2. The lowest BCUT2D eigenvalue weighted by Gasteiger charge is -2.19. The van der Waals surface area contributed by atoms with E-state index in [1.807, 2.05) is 0 Å². The molecule has 0 unspecified atom stereocenters. The normalized spacial score (nSPS) is 11.0. The minimum atomic E-state index is -1.20. The lowest BCUT2D eigenvalue weighted by molar-refractivity contribution is 0.0634. The van der Waals surface area contributed by atoms with E-state index < -0.39 is 23.5 Å². The van der Waals surface area contributed by atoms with Gasteiger partial charge in [0.05, 0.1) is 5.56 Å². The summed E-state index contributed by atoms with van der Waals surface area (Å²) in [5.41, 5.74) is 0.866. The summed E-state index contributed by atoms with van der Waals surface area (Å²) in [6, 6.07) is 10.2. The Balaban J connectivity index is 2.18. The minimum absolute atomic E-state index is 0.124. The van der Waals surface area contributed by atoms with E-state index in [0.29, 0.717) is 16.8 Å². The maximum atomic E-state index is 13.5. The van der Waals surface area contributed by atoms with Gasteiger partial charge in [0.15, 0.2) is 0 Å². The zero-order chi connectivity index (χ0) is 17.9. The summed E-state index contributed by atoms with van der Waals surface area (Å²) in [4.78, 5) is 22.7. The van der Waals surface area contributed by atoms with Gasteiger partial charge in [-0.2, -0.15) is 0 Å². The third-order valence-electron chi connectivity index (χ3n) is 3.01. The fraction of sp³-hybridized carbons (Fsp3) is 0.222. The zero-order valence-corrected chi connectivity index (χ0v) is 13.6. The Labute approximate surface area is 139 Å². The van der Waals surface area contributed by atoms with Crippen molar-refractivity contribution in [2.24, 2.45) is 0 Å². The van der Waals surface area contributed by atoms with Gasteiger partial charge in [0.2, 0.25) is 0 Å². The maximum absolute atomic E-state index is 13.5. The van der Waals surface area contributed by atoms with Crippen LogP contribution in [-0.4, -0.2) is 22.8 Å². The quantitative estimate of drug-likeness (QED) is 0.866. The van der Waals surface area contributed by atoms with Gasteiger partial charge in [-0.3, -0.25) is 5.32 Å². The topological polar surface area (TPSA) is 75.6 Å². The van der Waals surface area contributed by atoms with Crippen molar-refractivity contribution in [2.45, 2.75) is 26.4 Å². The summed E-state index contributed by atoms with van der Waals surface area (Å²) in [5, 5.41) is 11.6. The fourth-order valence-electron chi connectivity index (χ4n) is 2.05. The number of halogens is 1. The molecule has 2 aromatic carbocycles. The first kappa shape index (κ1) is 17.5. The Morgan fingerprint density at radius 1 is 1.04 bits per heavy atom.